The Morgan fingerprint density at radius 2 is 2.25 bits per heavy atom. The highest BCUT2D eigenvalue weighted by atomic mass is 16.6. The van der Waals surface area contributed by atoms with Gasteiger partial charge in [0.15, 0.2) is 0 Å². The first-order valence-electron chi connectivity index (χ1n) is 2.46. The molecule has 0 radical (unpaired) electrons. The van der Waals surface area contributed by atoms with Crippen molar-refractivity contribution >= 4 is 5.97 Å². The summed E-state index contributed by atoms with van der Waals surface area (Å²) >= 11 is 0. The Hall–Kier alpha value is -0.570. The van der Waals surface area contributed by atoms with E-state index in [1.54, 1.807) is 6.92 Å². The Bertz CT molecular complexity index is 132. The zero-order valence-electron chi connectivity index (χ0n) is 4.80. The van der Waals surface area contributed by atoms with E-state index in [-0.39, 0.29) is 6.10 Å². The molecule has 1 fully saturated rings. The predicted octanol–water partition coefficient (Wildman–Crippen LogP) is -1.09. The second-order valence-electron chi connectivity index (χ2n) is 2.15. The number of carbonyl (C=O) groups is 1. The van der Waals surface area contributed by atoms with Crippen molar-refractivity contribution in [3.05, 3.63) is 0 Å². The largest absolute Gasteiger partial charge is 0.547 e. The van der Waals surface area contributed by atoms with E-state index in [1.807, 2.05) is 0 Å². The summed E-state index contributed by atoms with van der Waals surface area (Å²) in [6, 6.07) is 0. The van der Waals surface area contributed by atoms with Crippen LogP contribution in [0.2, 0.25) is 0 Å². The van der Waals surface area contributed by atoms with E-state index in [4.69, 9.17) is 4.74 Å². The van der Waals surface area contributed by atoms with Crippen LogP contribution in [-0.2, 0) is 9.53 Å². The molecule has 3 heteroatoms. The molecule has 0 unspecified atom stereocenters. The lowest BCUT2D eigenvalue weighted by atomic mass is 10.1. The molecule has 0 bridgehead atoms. The van der Waals surface area contributed by atoms with Crippen LogP contribution in [-0.4, -0.2) is 17.7 Å². The summed E-state index contributed by atoms with van der Waals surface area (Å²) in [5, 5.41) is 10.1. The van der Waals surface area contributed by atoms with Gasteiger partial charge in [0, 0.05) is 0 Å². The van der Waals surface area contributed by atoms with Gasteiger partial charge >= 0.3 is 0 Å². The average molecular weight is 115 g/mol. The molecule has 0 aromatic rings. The lowest BCUT2D eigenvalue weighted by Gasteiger charge is -2.03. The number of hydrogen-bond donors (Lipinski definition) is 0. The van der Waals surface area contributed by atoms with E-state index in [9.17, 15) is 9.90 Å². The Balaban J connectivity index is 2.60. The van der Waals surface area contributed by atoms with Crippen molar-refractivity contribution in [1.82, 2.24) is 0 Å². The average Bonchev–Trinajstić information content (AvgIpc) is 2.17. The normalized spacial score (nSPS) is 44.0. The highest BCUT2D eigenvalue weighted by Crippen LogP contribution is 2.34. The molecule has 8 heavy (non-hydrogen) atoms. The summed E-state index contributed by atoms with van der Waals surface area (Å²) in [4.78, 5) is 10.1. The molecule has 1 heterocycles. The minimum atomic E-state index is -1.12. The summed E-state index contributed by atoms with van der Waals surface area (Å²) in [5.74, 6) is -1.12. The number of carboxylic acid groups (broad SMARTS) is 1. The molecule has 1 aliphatic heterocycles. The number of ether oxygens (including phenoxy) is 1. The van der Waals surface area contributed by atoms with Crippen molar-refractivity contribution in [3.8, 4) is 0 Å². The van der Waals surface area contributed by atoms with Gasteiger partial charge in [0.2, 0.25) is 0 Å². The van der Waals surface area contributed by atoms with Crippen molar-refractivity contribution in [2.24, 2.45) is 0 Å². The van der Waals surface area contributed by atoms with Crippen LogP contribution < -0.4 is 5.11 Å². The number of epoxide rings is 1. The molecule has 2 atom stereocenters. The minimum Gasteiger partial charge on any atom is -0.547 e. The SMILES string of the molecule is C[C@H]1O[C@]1(C)C(=O)[O-]. The van der Waals surface area contributed by atoms with Crippen molar-refractivity contribution in [2.45, 2.75) is 25.6 Å². The van der Waals surface area contributed by atoms with Gasteiger partial charge in [-0.15, -0.1) is 0 Å². The van der Waals surface area contributed by atoms with Gasteiger partial charge in [-0.1, -0.05) is 0 Å². The molecule has 0 N–H and O–H groups in total. The fourth-order valence-electron chi connectivity index (χ4n) is 0.547. The number of rotatable bonds is 1. The van der Waals surface area contributed by atoms with Gasteiger partial charge in [0.25, 0.3) is 0 Å². The second-order valence-corrected chi connectivity index (χ2v) is 2.15. The van der Waals surface area contributed by atoms with E-state index in [2.05, 4.69) is 0 Å². The van der Waals surface area contributed by atoms with Crippen molar-refractivity contribution < 1.29 is 14.6 Å². The van der Waals surface area contributed by atoms with Gasteiger partial charge in [0.05, 0.1) is 12.1 Å². The molecule has 0 amide bonds. The highest BCUT2D eigenvalue weighted by molar-refractivity contribution is 5.78. The second kappa shape index (κ2) is 1.23. The number of aliphatic carboxylic acids is 1. The van der Waals surface area contributed by atoms with E-state index < -0.39 is 11.6 Å². The van der Waals surface area contributed by atoms with Gasteiger partial charge in [-0.3, -0.25) is 0 Å². The predicted molar refractivity (Wildman–Crippen MR) is 24.0 cm³/mol. The zero-order valence-corrected chi connectivity index (χ0v) is 4.80. The molecule has 1 saturated heterocycles. The van der Waals surface area contributed by atoms with Crippen LogP contribution in [0.1, 0.15) is 13.8 Å². The van der Waals surface area contributed by atoms with Gasteiger partial charge in [-0.25, -0.2) is 0 Å². The van der Waals surface area contributed by atoms with Gasteiger partial charge < -0.3 is 14.6 Å². The molecule has 1 aliphatic rings. The Morgan fingerprint density at radius 1 is 1.88 bits per heavy atom. The number of hydrogen-bond acceptors (Lipinski definition) is 3. The molecule has 0 saturated carbocycles. The summed E-state index contributed by atoms with van der Waals surface area (Å²) in [6.07, 6.45) is -0.174. The van der Waals surface area contributed by atoms with Crippen LogP contribution >= 0.6 is 0 Å². The summed E-state index contributed by atoms with van der Waals surface area (Å²) in [6.45, 7) is 3.21. The fourth-order valence-corrected chi connectivity index (χ4v) is 0.547. The Morgan fingerprint density at radius 3 is 2.25 bits per heavy atom. The van der Waals surface area contributed by atoms with Crippen LogP contribution in [0.5, 0.6) is 0 Å². The standard InChI is InChI=1S/C5H8O3/c1-3-5(2,8-3)4(6)7/h3H,1-2H3,(H,6,7)/p-1/t3-,5+/m1/s1. The lowest BCUT2D eigenvalue weighted by molar-refractivity contribution is -0.311. The third-order valence-electron chi connectivity index (χ3n) is 1.55. The molecular weight excluding hydrogens is 108 g/mol. The van der Waals surface area contributed by atoms with Crippen molar-refractivity contribution in [1.29, 1.82) is 0 Å². The molecule has 1 rings (SSSR count). The zero-order chi connectivity index (χ0) is 6.36. The molecule has 0 aromatic carbocycles. The third kappa shape index (κ3) is 0.512. The van der Waals surface area contributed by atoms with Crippen molar-refractivity contribution in [2.75, 3.05) is 0 Å². The maximum absolute atomic E-state index is 10.1. The van der Waals surface area contributed by atoms with Crippen molar-refractivity contribution in [3.63, 3.8) is 0 Å². The minimum absolute atomic E-state index is 0.174. The van der Waals surface area contributed by atoms with E-state index in [0.29, 0.717) is 0 Å². The maximum atomic E-state index is 10.1. The monoisotopic (exact) mass is 115 g/mol. The summed E-state index contributed by atoms with van der Waals surface area (Å²) in [7, 11) is 0. The topological polar surface area (TPSA) is 52.7 Å². The van der Waals surface area contributed by atoms with Crippen LogP contribution in [0.4, 0.5) is 0 Å². The summed E-state index contributed by atoms with van der Waals surface area (Å²) < 4.78 is 4.70. The Labute approximate surface area is 47.3 Å². The summed E-state index contributed by atoms with van der Waals surface area (Å²) in [5.41, 5.74) is -0.986. The first kappa shape index (κ1) is 5.56. The van der Waals surface area contributed by atoms with Gasteiger partial charge in [0.1, 0.15) is 5.60 Å². The van der Waals surface area contributed by atoms with Crippen LogP contribution in [0.25, 0.3) is 0 Å². The first-order chi connectivity index (χ1) is 3.57. The van der Waals surface area contributed by atoms with Crippen LogP contribution in [0.3, 0.4) is 0 Å². The Kier molecular flexibility index (Phi) is 0.854. The number of carboxylic acids is 1. The maximum Gasteiger partial charge on any atom is 0.131 e. The molecule has 0 spiro atoms. The lowest BCUT2D eigenvalue weighted by Crippen LogP contribution is -2.37. The number of carbonyl (C=O) groups excluding carboxylic acids is 1. The fraction of sp³-hybridized carbons (Fsp3) is 0.800. The van der Waals surface area contributed by atoms with Gasteiger partial charge in [-0.05, 0) is 13.8 Å². The molecule has 0 aromatic heterocycles. The highest BCUT2D eigenvalue weighted by Gasteiger charge is 2.50. The van der Waals surface area contributed by atoms with Crippen LogP contribution in [0, 0.1) is 0 Å². The molecule has 46 valence electrons. The van der Waals surface area contributed by atoms with E-state index >= 15 is 0 Å². The smallest absolute Gasteiger partial charge is 0.131 e. The third-order valence-corrected chi connectivity index (χ3v) is 1.55. The molecular formula is C5H7O3-. The quantitative estimate of drug-likeness (QED) is 0.408. The van der Waals surface area contributed by atoms with E-state index in [0.717, 1.165) is 0 Å². The molecule has 0 aliphatic carbocycles. The first-order valence-corrected chi connectivity index (χ1v) is 2.46. The van der Waals surface area contributed by atoms with E-state index in [1.165, 1.54) is 6.92 Å². The van der Waals surface area contributed by atoms with Gasteiger partial charge in [-0.2, -0.15) is 0 Å². The van der Waals surface area contributed by atoms with Crippen LogP contribution in [0.15, 0.2) is 0 Å². The molecule has 3 nitrogen and oxygen atoms in total.